The van der Waals surface area contributed by atoms with Crippen LogP contribution in [0.15, 0.2) is 22.8 Å². The van der Waals surface area contributed by atoms with Crippen LogP contribution < -0.4 is 0 Å². The lowest BCUT2D eigenvalue weighted by atomic mass is 9.77. The maximum Gasteiger partial charge on any atom is 0.384 e. The van der Waals surface area contributed by atoms with Gasteiger partial charge in [0.25, 0.3) is 0 Å². The van der Waals surface area contributed by atoms with Crippen LogP contribution in [0.1, 0.15) is 67.2 Å². The molecule has 0 fully saturated rings. The second-order valence-electron chi connectivity index (χ2n) is 7.55. The summed E-state index contributed by atoms with van der Waals surface area (Å²) in [5.41, 5.74) is 3.68. The van der Waals surface area contributed by atoms with Crippen molar-refractivity contribution >= 4 is 5.97 Å². The summed E-state index contributed by atoms with van der Waals surface area (Å²) in [4.78, 5) is 11.8. The Kier molecular flexibility index (Phi) is 7.76. The summed E-state index contributed by atoms with van der Waals surface area (Å²) in [6.45, 7) is 12.4. The lowest BCUT2D eigenvalue weighted by molar-refractivity contribution is -0.140. The van der Waals surface area contributed by atoms with Crippen LogP contribution in [0.3, 0.4) is 0 Å². The van der Waals surface area contributed by atoms with Gasteiger partial charge in [0.2, 0.25) is 0 Å². The van der Waals surface area contributed by atoms with Crippen molar-refractivity contribution in [3.8, 4) is 11.8 Å². The molecular formula is C21H32O3. The van der Waals surface area contributed by atoms with Crippen LogP contribution in [-0.4, -0.2) is 23.8 Å². The molecule has 0 unspecified atom stereocenters. The van der Waals surface area contributed by atoms with Crippen LogP contribution in [0.5, 0.6) is 0 Å². The molecule has 0 aromatic carbocycles. The third-order valence-corrected chi connectivity index (χ3v) is 4.71. The molecule has 1 atom stereocenters. The van der Waals surface area contributed by atoms with Gasteiger partial charge in [-0.15, -0.1) is 0 Å². The minimum Gasteiger partial charge on any atom is -0.453 e. The van der Waals surface area contributed by atoms with Crippen molar-refractivity contribution in [2.24, 2.45) is 11.3 Å². The lowest BCUT2D eigenvalue weighted by Crippen LogP contribution is -2.16. The highest BCUT2D eigenvalue weighted by Crippen LogP contribution is 2.48. The van der Waals surface area contributed by atoms with Crippen molar-refractivity contribution in [2.75, 3.05) is 6.61 Å². The maximum atomic E-state index is 11.8. The van der Waals surface area contributed by atoms with E-state index < -0.39 is 5.97 Å². The predicted molar refractivity (Wildman–Crippen MR) is 98.3 cm³/mol. The highest BCUT2D eigenvalue weighted by Gasteiger charge is 2.36. The molecule has 0 aliphatic heterocycles. The van der Waals surface area contributed by atoms with E-state index in [1.54, 1.807) is 0 Å². The fourth-order valence-electron chi connectivity index (χ4n) is 3.19. The van der Waals surface area contributed by atoms with E-state index in [0.29, 0.717) is 5.92 Å². The Morgan fingerprint density at radius 2 is 2.04 bits per heavy atom. The zero-order valence-corrected chi connectivity index (χ0v) is 16.0. The van der Waals surface area contributed by atoms with E-state index in [4.69, 9.17) is 9.84 Å². The molecular weight excluding hydrogens is 300 g/mol. The third-order valence-electron chi connectivity index (χ3n) is 4.71. The molecule has 3 nitrogen and oxygen atoms in total. The smallest absolute Gasteiger partial charge is 0.384 e. The zero-order valence-electron chi connectivity index (χ0n) is 16.0. The maximum absolute atomic E-state index is 11.8. The molecule has 0 aromatic rings. The molecule has 0 aromatic heterocycles. The second kappa shape index (κ2) is 9.08. The highest BCUT2D eigenvalue weighted by molar-refractivity contribution is 5.89. The molecule has 0 saturated heterocycles. The van der Waals surface area contributed by atoms with Gasteiger partial charge in [0.05, 0.1) is 12.7 Å². The quantitative estimate of drug-likeness (QED) is 0.339. The molecule has 0 heterocycles. The van der Waals surface area contributed by atoms with E-state index in [2.05, 4.69) is 32.6 Å². The minimum atomic E-state index is -0.453. The molecule has 24 heavy (non-hydrogen) atoms. The van der Waals surface area contributed by atoms with E-state index in [1.807, 2.05) is 26.8 Å². The molecule has 1 N–H and O–H groups in total. The Bertz CT molecular complexity index is 570. The minimum absolute atomic E-state index is 0.00469. The summed E-state index contributed by atoms with van der Waals surface area (Å²) >= 11 is 0. The molecule has 1 aliphatic rings. The van der Waals surface area contributed by atoms with E-state index in [0.717, 1.165) is 31.3 Å². The van der Waals surface area contributed by atoms with Crippen molar-refractivity contribution < 1.29 is 14.6 Å². The van der Waals surface area contributed by atoms with Crippen molar-refractivity contribution in [2.45, 2.75) is 73.3 Å². The van der Waals surface area contributed by atoms with E-state index in [-0.39, 0.29) is 18.1 Å². The first kappa shape index (κ1) is 20.5. The number of hydrogen-bond donors (Lipinski definition) is 1. The summed E-state index contributed by atoms with van der Waals surface area (Å²) in [7, 11) is 0. The number of carbonyl (C=O) groups is 1. The number of aliphatic hydroxyl groups excluding tert-OH is 1. The topological polar surface area (TPSA) is 46.5 Å². The first-order valence-electron chi connectivity index (χ1n) is 8.92. The summed E-state index contributed by atoms with van der Waals surface area (Å²) in [6, 6.07) is 0. The average Bonchev–Trinajstić information content (AvgIpc) is 2.80. The van der Waals surface area contributed by atoms with Crippen LogP contribution in [0.4, 0.5) is 0 Å². The average molecular weight is 332 g/mol. The van der Waals surface area contributed by atoms with Gasteiger partial charge in [-0.1, -0.05) is 43.9 Å². The number of allylic oxidation sites excluding steroid dienone is 3. The monoisotopic (exact) mass is 332 g/mol. The number of rotatable bonds is 6. The van der Waals surface area contributed by atoms with Crippen molar-refractivity contribution in [1.82, 2.24) is 0 Å². The van der Waals surface area contributed by atoms with Gasteiger partial charge in [-0.25, -0.2) is 4.79 Å². The molecule has 1 aliphatic carbocycles. The number of aliphatic hydroxyl groups is 1. The fourth-order valence-corrected chi connectivity index (χ4v) is 3.19. The summed E-state index contributed by atoms with van der Waals surface area (Å²) < 4.78 is 5.13. The molecule has 0 spiro atoms. The summed E-state index contributed by atoms with van der Waals surface area (Å²) in [6.07, 6.45) is 5.73. The molecule has 0 bridgehead atoms. The van der Waals surface area contributed by atoms with E-state index in [1.165, 1.54) is 11.1 Å². The third kappa shape index (κ3) is 5.83. The highest BCUT2D eigenvalue weighted by atomic mass is 16.5. The normalized spacial score (nSPS) is 21.3. The van der Waals surface area contributed by atoms with Crippen LogP contribution in [-0.2, 0) is 9.53 Å². The summed E-state index contributed by atoms with van der Waals surface area (Å²) in [5, 5.41) is 9.02. The first-order chi connectivity index (χ1) is 11.2. The fraction of sp³-hybridized carbons (Fsp3) is 0.667. The Labute approximate surface area is 147 Å². The SMILES string of the molecule is C/C(=C\CO)CC[C@@]1(C)CCC(C(C)C)=C1C#CC(=O)OC(C)C. The van der Waals surface area contributed by atoms with Crippen molar-refractivity contribution in [1.29, 1.82) is 0 Å². The molecule has 134 valence electrons. The largest absolute Gasteiger partial charge is 0.453 e. The van der Waals surface area contributed by atoms with Crippen LogP contribution in [0.2, 0.25) is 0 Å². The number of hydrogen-bond acceptors (Lipinski definition) is 3. The van der Waals surface area contributed by atoms with Crippen LogP contribution in [0, 0.1) is 23.2 Å². The molecule has 3 heteroatoms. The van der Waals surface area contributed by atoms with Crippen LogP contribution in [0.25, 0.3) is 0 Å². The van der Waals surface area contributed by atoms with Gasteiger partial charge < -0.3 is 9.84 Å². The van der Waals surface area contributed by atoms with Gasteiger partial charge in [-0.05, 0) is 52.4 Å². The molecule has 0 amide bonds. The van der Waals surface area contributed by atoms with Crippen molar-refractivity contribution in [3.05, 3.63) is 22.8 Å². The van der Waals surface area contributed by atoms with Gasteiger partial charge in [-0.3, -0.25) is 0 Å². The van der Waals surface area contributed by atoms with E-state index in [9.17, 15) is 4.79 Å². The molecule has 0 radical (unpaired) electrons. The van der Waals surface area contributed by atoms with Crippen LogP contribution >= 0.6 is 0 Å². The van der Waals surface area contributed by atoms with Crippen molar-refractivity contribution in [3.63, 3.8) is 0 Å². The number of esters is 1. The van der Waals surface area contributed by atoms with Gasteiger partial charge in [0.1, 0.15) is 0 Å². The first-order valence-corrected chi connectivity index (χ1v) is 8.92. The van der Waals surface area contributed by atoms with Gasteiger partial charge >= 0.3 is 5.97 Å². The van der Waals surface area contributed by atoms with Gasteiger partial charge in [-0.2, -0.15) is 0 Å². The standard InChI is InChI=1S/C21H32O3/c1-15(2)18-10-13-21(6,12-9-17(5)11-14-22)19(18)7-8-20(23)24-16(3)4/h11,15-16,22H,9-10,12-14H2,1-6H3/b17-11+/t21-/m0/s1. The van der Waals surface area contributed by atoms with Gasteiger partial charge in [0.15, 0.2) is 0 Å². The Hall–Kier alpha value is -1.53. The van der Waals surface area contributed by atoms with E-state index >= 15 is 0 Å². The second-order valence-corrected chi connectivity index (χ2v) is 7.55. The molecule has 1 rings (SSSR count). The predicted octanol–water partition coefficient (Wildman–Crippen LogP) is 4.41. The molecule has 0 saturated carbocycles. The van der Waals surface area contributed by atoms with Gasteiger partial charge in [0, 0.05) is 16.9 Å². The Morgan fingerprint density at radius 1 is 1.38 bits per heavy atom. The zero-order chi connectivity index (χ0) is 18.3. The lowest BCUT2D eigenvalue weighted by Gasteiger charge is -2.26. The number of carbonyl (C=O) groups excluding carboxylic acids is 1. The number of ether oxygens (including phenoxy) is 1. The Balaban J connectivity index is 3.02. The Morgan fingerprint density at radius 3 is 2.58 bits per heavy atom. The summed E-state index contributed by atoms with van der Waals surface area (Å²) in [5.74, 6) is 5.82.